The minimum absolute atomic E-state index is 0.0386. The Bertz CT molecular complexity index is 430. The van der Waals surface area contributed by atoms with Crippen molar-refractivity contribution in [2.75, 3.05) is 12.8 Å². The summed E-state index contributed by atoms with van der Waals surface area (Å²) in [7, 11) is 0. The van der Waals surface area contributed by atoms with Crippen LogP contribution in [0.2, 0.25) is 0 Å². The lowest BCUT2D eigenvalue weighted by molar-refractivity contribution is 0.432. The van der Waals surface area contributed by atoms with Crippen LogP contribution in [0.1, 0.15) is 44.2 Å². The molecule has 2 rings (SSSR count). The molecule has 19 heavy (non-hydrogen) atoms. The first-order valence-electron chi connectivity index (χ1n) is 6.87. The Balaban J connectivity index is 2.00. The van der Waals surface area contributed by atoms with Gasteiger partial charge in [-0.2, -0.15) is 11.8 Å². The SMILES string of the molecule is CSC1(CNC(C)c2cc(O)ccc2O)CCCC1. The van der Waals surface area contributed by atoms with Crippen LogP contribution in [0.25, 0.3) is 0 Å². The molecule has 1 aromatic rings. The van der Waals surface area contributed by atoms with Crippen LogP contribution in [0, 0.1) is 0 Å². The van der Waals surface area contributed by atoms with Crippen molar-refractivity contribution < 1.29 is 10.2 Å². The first-order chi connectivity index (χ1) is 9.06. The summed E-state index contributed by atoms with van der Waals surface area (Å²) in [5.41, 5.74) is 0.759. The molecule has 106 valence electrons. The number of benzene rings is 1. The quantitative estimate of drug-likeness (QED) is 0.724. The van der Waals surface area contributed by atoms with E-state index < -0.39 is 0 Å². The lowest BCUT2D eigenvalue weighted by Gasteiger charge is -2.29. The molecule has 0 aromatic heterocycles. The molecule has 1 aliphatic carbocycles. The Labute approximate surface area is 119 Å². The third-order valence-electron chi connectivity index (χ3n) is 4.16. The van der Waals surface area contributed by atoms with Crippen LogP contribution >= 0.6 is 11.8 Å². The summed E-state index contributed by atoms with van der Waals surface area (Å²) < 4.78 is 0.348. The summed E-state index contributed by atoms with van der Waals surface area (Å²) in [6, 6.07) is 4.72. The van der Waals surface area contributed by atoms with Crippen LogP contribution in [-0.4, -0.2) is 27.8 Å². The number of aromatic hydroxyl groups is 2. The van der Waals surface area contributed by atoms with Gasteiger partial charge in [-0.25, -0.2) is 0 Å². The molecule has 3 nitrogen and oxygen atoms in total. The molecule has 1 saturated carbocycles. The smallest absolute Gasteiger partial charge is 0.120 e. The molecule has 1 aromatic carbocycles. The van der Waals surface area contributed by atoms with Crippen molar-refractivity contribution in [1.29, 1.82) is 0 Å². The van der Waals surface area contributed by atoms with Gasteiger partial charge >= 0.3 is 0 Å². The second kappa shape index (κ2) is 6.06. The van der Waals surface area contributed by atoms with Gasteiger partial charge in [0, 0.05) is 22.9 Å². The molecule has 0 saturated heterocycles. The highest BCUT2D eigenvalue weighted by Crippen LogP contribution is 2.40. The second-order valence-corrected chi connectivity index (χ2v) is 6.71. The van der Waals surface area contributed by atoms with Gasteiger partial charge in [0.05, 0.1) is 0 Å². The van der Waals surface area contributed by atoms with E-state index in [1.165, 1.54) is 31.7 Å². The Morgan fingerprint density at radius 1 is 1.32 bits per heavy atom. The van der Waals surface area contributed by atoms with Gasteiger partial charge in [0.15, 0.2) is 0 Å². The maximum absolute atomic E-state index is 9.86. The van der Waals surface area contributed by atoms with Crippen molar-refractivity contribution in [1.82, 2.24) is 5.32 Å². The average Bonchev–Trinajstić information content (AvgIpc) is 2.88. The summed E-state index contributed by atoms with van der Waals surface area (Å²) in [4.78, 5) is 0. The Morgan fingerprint density at radius 2 is 2.00 bits per heavy atom. The molecule has 1 unspecified atom stereocenters. The van der Waals surface area contributed by atoms with E-state index in [4.69, 9.17) is 0 Å². The molecule has 1 atom stereocenters. The molecular weight excluding hydrogens is 258 g/mol. The molecule has 4 heteroatoms. The number of phenols is 2. The Kier molecular flexibility index (Phi) is 4.63. The van der Waals surface area contributed by atoms with Gasteiger partial charge in [-0.05, 0) is 44.2 Å². The van der Waals surface area contributed by atoms with Crippen LogP contribution in [-0.2, 0) is 0 Å². The summed E-state index contributed by atoms with van der Waals surface area (Å²) in [5.74, 6) is 0.435. The average molecular weight is 281 g/mol. The third-order valence-corrected chi connectivity index (χ3v) is 5.57. The highest BCUT2D eigenvalue weighted by atomic mass is 32.2. The molecular formula is C15H23NO2S. The summed E-state index contributed by atoms with van der Waals surface area (Å²) in [6.45, 7) is 2.97. The van der Waals surface area contributed by atoms with Gasteiger partial charge < -0.3 is 15.5 Å². The largest absolute Gasteiger partial charge is 0.508 e. The van der Waals surface area contributed by atoms with Crippen LogP contribution in [0.3, 0.4) is 0 Å². The first-order valence-corrected chi connectivity index (χ1v) is 8.09. The van der Waals surface area contributed by atoms with Crippen LogP contribution in [0.4, 0.5) is 0 Å². The fourth-order valence-corrected chi connectivity index (χ4v) is 3.73. The highest BCUT2D eigenvalue weighted by Gasteiger charge is 2.33. The van der Waals surface area contributed by atoms with Gasteiger partial charge in [0.25, 0.3) is 0 Å². The van der Waals surface area contributed by atoms with Gasteiger partial charge in [-0.15, -0.1) is 0 Å². The van der Waals surface area contributed by atoms with Gasteiger partial charge in [0.2, 0.25) is 0 Å². The van der Waals surface area contributed by atoms with Crippen molar-refractivity contribution in [3.05, 3.63) is 23.8 Å². The van der Waals surface area contributed by atoms with Crippen molar-refractivity contribution in [2.24, 2.45) is 0 Å². The zero-order valence-corrected chi connectivity index (χ0v) is 12.5. The van der Waals surface area contributed by atoms with E-state index in [1.807, 2.05) is 18.7 Å². The summed E-state index contributed by atoms with van der Waals surface area (Å²) >= 11 is 1.95. The van der Waals surface area contributed by atoms with Gasteiger partial charge in [0.1, 0.15) is 11.5 Å². The summed E-state index contributed by atoms with van der Waals surface area (Å²) in [6.07, 6.45) is 7.34. The molecule has 0 aliphatic heterocycles. The van der Waals surface area contributed by atoms with Crippen molar-refractivity contribution >= 4 is 11.8 Å². The third kappa shape index (κ3) is 3.37. The Hall–Kier alpha value is -0.870. The number of nitrogens with one attached hydrogen (secondary N) is 1. The standard InChI is InChI=1S/C15H23NO2S/c1-11(13-9-12(17)5-6-14(13)18)16-10-15(19-2)7-3-4-8-15/h5-6,9,11,16-18H,3-4,7-8,10H2,1-2H3. The monoisotopic (exact) mass is 281 g/mol. The number of hydrogen-bond donors (Lipinski definition) is 3. The summed E-state index contributed by atoms with van der Waals surface area (Å²) in [5, 5.41) is 22.9. The predicted octanol–water partition coefficient (Wildman–Crippen LogP) is 3.42. The van der Waals surface area contributed by atoms with E-state index >= 15 is 0 Å². The lowest BCUT2D eigenvalue weighted by atomic mass is 10.0. The van der Waals surface area contributed by atoms with E-state index in [0.29, 0.717) is 4.75 Å². The second-order valence-electron chi connectivity index (χ2n) is 5.44. The fraction of sp³-hybridized carbons (Fsp3) is 0.600. The molecule has 1 fully saturated rings. The molecule has 3 N–H and O–H groups in total. The Morgan fingerprint density at radius 3 is 2.63 bits per heavy atom. The van der Waals surface area contributed by atoms with E-state index in [2.05, 4.69) is 11.6 Å². The fourth-order valence-electron chi connectivity index (χ4n) is 2.81. The van der Waals surface area contributed by atoms with E-state index in [0.717, 1.165) is 12.1 Å². The van der Waals surface area contributed by atoms with Gasteiger partial charge in [-0.3, -0.25) is 0 Å². The lowest BCUT2D eigenvalue weighted by Crippen LogP contribution is -2.36. The zero-order chi connectivity index (χ0) is 13.9. The van der Waals surface area contributed by atoms with E-state index in [1.54, 1.807) is 12.1 Å². The zero-order valence-electron chi connectivity index (χ0n) is 11.6. The molecule has 0 spiro atoms. The molecule has 0 heterocycles. The maximum atomic E-state index is 9.86. The first kappa shape index (κ1) is 14.5. The minimum Gasteiger partial charge on any atom is -0.508 e. The molecule has 0 radical (unpaired) electrons. The highest BCUT2D eigenvalue weighted by molar-refractivity contribution is 8.00. The van der Waals surface area contributed by atoms with Crippen LogP contribution in [0.5, 0.6) is 11.5 Å². The number of hydrogen-bond acceptors (Lipinski definition) is 4. The van der Waals surface area contributed by atoms with E-state index in [-0.39, 0.29) is 17.5 Å². The predicted molar refractivity (Wildman–Crippen MR) is 80.9 cm³/mol. The number of rotatable bonds is 5. The molecule has 0 amide bonds. The van der Waals surface area contributed by atoms with Crippen molar-refractivity contribution in [2.45, 2.75) is 43.4 Å². The topological polar surface area (TPSA) is 52.5 Å². The van der Waals surface area contributed by atoms with E-state index in [9.17, 15) is 10.2 Å². The minimum atomic E-state index is 0.0386. The maximum Gasteiger partial charge on any atom is 0.120 e. The molecule has 0 bridgehead atoms. The normalized spacial score (nSPS) is 19.5. The number of phenolic OH excluding ortho intramolecular Hbond substituents is 2. The van der Waals surface area contributed by atoms with Crippen molar-refractivity contribution in [3.8, 4) is 11.5 Å². The van der Waals surface area contributed by atoms with Crippen LogP contribution < -0.4 is 5.32 Å². The number of thioether (sulfide) groups is 1. The molecule has 1 aliphatic rings. The van der Waals surface area contributed by atoms with Gasteiger partial charge in [-0.1, -0.05) is 12.8 Å². The van der Waals surface area contributed by atoms with Crippen LogP contribution in [0.15, 0.2) is 18.2 Å². The van der Waals surface area contributed by atoms with Crippen molar-refractivity contribution in [3.63, 3.8) is 0 Å².